The molecule has 0 saturated heterocycles. The van der Waals surface area contributed by atoms with E-state index >= 15 is 0 Å². The molecule has 23 heavy (non-hydrogen) atoms. The van der Waals surface area contributed by atoms with Gasteiger partial charge in [0.05, 0.1) is 24.8 Å². The first kappa shape index (κ1) is 17.7. The number of allylic oxidation sites excluding steroid dienone is 1. The van der Waals surface area contributed by atoms with E-state index < -0.39 is 0 Å². The normalized spacial score (nSPS) is 13.2. The number of methoxy groups -OCH3 is 2. The summed E-state index contributed by atoms with van der Waals surface area (Å²) in [7, 11) is 3.20. The summed E-state index contributed by atoms with van der Waals surface area (Å²) >= 11 is 3.40. The summed E-state index contributed by atoms with van der Waals surface area (Å²) in [5.41, 5.74) is 0.996. The summed E-state index contributed by atoms with van der Waals surface area (Å²) < 4.78 is 10.3. The second-order valence-electron chi connectivity index (χ2n) is 4.63. The number of nitrogens with zero attached hydrogens (tertiary/aromatic N) is 2. The maximum absolute atomic E-state index is 5.42. The quantitative estimate of drug-likeness (QED) is 0.401. The molecular weight excluding hydrogens is 328 g/mol. The van der Waals surface area contributed by atoms with Crippen LogP contribution in [-0.2, 0) is 4.08 Å². The molecule has 4 nitrogen and oxygen atoms in total. The molecule has 0 aliphatic heterocycles. The molecule has 2 aromatic heterocycles. The third kappa shape index (κ3) is 4.00. The highest BCUT2D eigenvalue weighted by atomic mass is 32.2. The highest BCUT2D eigenvalue weighted by Crippen LogP contribution is 2.52. The summed E-state index contributed by atoms with van der Waals surface area (Å²) in [6, 6.07) is 9.76. The van der Waals surface area contributed by atoms with Crippen molar-refractivity contribution in [2.45, 2.75) is 15.4 Å². The molecule has 122 valence electrons. The lowest BCUT2D eigenvalue weighted by Crippen LogP contribution is -2.18. The van der Waals surface area contributed by atoms with Gasteiger partial charge in [0.25, 0.3) is 0 Å². The van der Waals surface area contributed by atoms with Gasteiger partial charge in [-0.25, -0.2) is 0 Å². The van der Waals surface area contributed by atoms with E-state index in [2.05, 4.69) is 22.8 Å². The SMILES string of the molecule is C=CCC(SC)(Sc1ccc(OC)nc1OC)c1ccccn1. The Labute approximate surface area is 145 Å². The first-order valence-corrected chi connectivity index (χ1v) is 9.09. The molecule has 1 atom stereocenters. The number of hydrogen-bond acceptors (Lipinski definition) is 6. The molecule has 0 saturated carbocycles. The third-order valence-corrected chi connectivity index (χ3v) is 6.30. The molecule has 0 bridgehead atoms. The minimum absolute atomic E-state index is 0.285. The van der Waals surface area contributed by atoms with Gasteiger partial charge in [-0.1, -0.05) is 23.9 Å². The van der Waals surface area contributed by atoms with Crippen LogP contribution in [0.4, 0.5) is 0 Å². The van der Waals surface area contributed by atoms with Crippen LogP contribution in [0.5, 0.6) is 11.8 Å². The van der Waals surface area contributed by atoms with E-state index in [1.165, 1.54) is 0 Å². The van der Waals surface area contributed by atoms with Crippen LogP contribution < -0.4 is 9.47 Å². The Morgan fingerprint density at radius 1 is 1.22 bits per heavy atom. The Kier molecular flexibility index (Phi) is 6.36. The molecule has 0 fully saturated rings. The van der Waals surface area contributed by atoms with Gasteiger partial charge in [-0.2, -0.15) is 4.98 Å². The molecule has 0 aromatic carbocycles. The maximum Gasteiger partial charge on any atom is 0.230 e. The van der Waals surface area contributed by atoms with Crippen LogP contribution in [0.2, 0.25) is 0 Å². The van der Waals surface area contributed by atoms with Crippen molar-refractivity contribution in [2.75, 3.05) is 20.5 Å². The first-order chi connectivity index (χ1) is 11.2. The van der Waals surface area contributed by atoms with Crippen LogP contribution in [0, 0.1) is 0 Å². The second kappa shape index (κ2) is 8.26. The number of hydrogen-bond donors (Lipinski definition) is 0. The number of ether oxygens (including phenoxy) is 2. The minimum atomic E-state index is -0.285. The Balaban J connectivity index is 2.44. The molecule has 0 aliphatic carbocycles. The lowest BCUT2D eigenvalue weighted by Gasteiger charge is -2.30. The average Bonchev–Trinajstić information content (AvgIpc) is 2.62. The molecule has 0 spiro atoms. The van der Waals surface area contributed by atoms with Crippen molar-refractivity contribution in [3.05, 3.63) is 54.9 Å². The van der Waals surface area contributed by atoms with Crippen LogP contribution in [0.1, 0.15) is 12.1 Å². The zero-order chi connectivity index (χ0) is 16.7. The van der Waals surface area contributed by atoms with Gasteiger partial charge in [0.15, 0.2) is 0 Å². The smallest absolute Gasteiger partial charge is 0.230 e. The first-order valence-electron chi connectivity index (χ1n) is 7.04. The molecular formula is C17H20N2O2S2. The van der Waals surface area contributed by atoms with Crippen LogP contribution in [0.25, 0.3) is 0 Å². The van der Waals surface area contributed by atoms with Crippen molar-refractivity contribution >= 4 is 23.5 Å². The van der Waals surface area contributed by atoms with Gasteiger partial charge in [0.2, 0.25) is 11.8 Å². The van der Waals surface area contributed by atoms with Gasteiger partial charge < -0.3 is 9.47 Å². The van der Waals surface area contributed by atoms with E-state index in [4.69, 9.17) is 9.47 Å². The molecule has 0 radical (unpaired) electrons. The molecule has 2 aromatic rings. The predicted octanol–water partition coefficient (Wildman–Crippen LogP) is 4.38. The fraction of sp³-hybridized carbons (Fsp3) is 0.294. The van der Waals surface area contributed by atoms with Crippen LogP contribution in [-0.4, -0.2) is 30.4 Å². The Bertz CT molecular complexity index is 652. The topological polar surface area (TPSA) is 44.2 Å². The molecule has 6 heteroatoms. The summed E-state index contributed by atoms with van der Waals surface area (Å²) in [5, 5.41) is 0. The van der Waals surface area contributed by atoms with E-state index in [1.807, 2.05) is 42.6 Å². The molecule has 2 rings (SSSR count). The van der Waals surface area contributed by atoms with Gasteiger partial charge >= 0.3 is 0 Å². The van der Waals surface area contributed by atoms with Gasteiger partial charge in [-0.15, -0.1) is 18.3 Å². The van der Waals surface area contributed by atoms with Crippen LogP contribution in [0.15, 0.2) is 54.1 Å². The highest BCUT2D eigenvalue weighted by Gasteiger charge is 2.34. The largest absolute Gasteiger partial charge is 0.481 e. The van der Waals surface area contributed by atoms with Crippen LogP contribution in [0.3, 0.4) is 0 Å². The second-order valence-corrected chi connectivity index (χ2v) is 7.33. The summed E-state index contributed by atoms with van der Waals surface area (Å²) in [6.07, 6.45) is 6.58. The van der Waals surface area contributed by atoms with Crippen molar-refractivity contribution in [3.8, 4) is 11.8 Å². The summed E-state index contributed by atoms with van der Waals surface area (Å²) in [5.74, 6) is 1.08. The van der Waals surface area contributed by atoms with E-state index in [-0.39, 0.29) is 4.08 Å². The number of thioether (sulfide) groups is 2. The molecule has 2 heterocycles. The lowest BCUT2D eigenvalue weighted by atomic mass is 10.2. The number of pyridine rings is 2. The van der Waals surface area contributed by atoms with E-state index in [0.717, 1.165) is 17.0 Å². The lowest BCUT2D eigenvalue weighted by molar-refractivity contribution is 0.357. The fourth-order valence-electron chi connectivity index (χ4n) is 2.13. The van der Waals surface area contributed by atoms with E-state index in [1.54, 1.807) is 37.7 Å². The van der Waals surface area contributed by atoms with Gasteiger partial charge in [0, 0.05) is 12.3 Å². The zero-order valence-corrected chi connectivity index (χ0v) is 15.1. The van der Waals surface area contributed by atoms with Crippen molar-refractivity contribution in [1.82, 2.24) is 9.97 Å². The van der Waals surface area contributed by atoms with Crippen molar-refractivity contribution in [2.24, 2.45) is 0 Å². The molecule has 0 aliphatic rings. The Morgan fingerprint density at radius 2 is 2.04 bits per heavy atom. The van der Waals surface area contributed by atoms with Crippen molar-refractivity contribution in [1.29, 1.82) is 0 Å². The third-order valence-electron chi connectivity index (χ3n) is 3.28. The number of rotatable bonds is 8. The van der Waals surface area contributed by atoms with Gasteiger partial charge in [-0.05, 0) is 30.9 Å². The summed E-state index contributed by atoms with van der Waals surface area (Å²) in [4.78, 5) is 9.85. The van der Waals surface area contributed by atoms with Crippen molar-refractivity contribution in [3.63, 3.8) is 0 Å². The van der Waals surface area contributed by atoms with Crippen molar-refractivity contribution < 1.29 is 9.47 Å². The Morgan fingerprint density at radius 3 is 2.61 bits per heavy atom. The minimum Gasteiger partial charge on any atom is -0.481 e. The maximum atomic E-state index is 5.42. The highest BCUT2D eigenvalue weighted by molar-refractivity contribution is 8.17. The Hall–Kier alpha value is -1.66. The predicted molar refractivity (Wildman–Crippen MR) is 97.4 cm³/mol. The molecule has 0 N–H and O–H groups in total. The van der Waals surface area contributed by atoms with Gasteiger partial charge in [0.1, 0.15) is 4.08 Å². The van der Waals surface area contributed by atoms with E-state index in [9.17, 15) is 0 Å². The standard InChI is InChI=1S/C17H20N2O2S2/c1-5-11-17(22-4,14-8-6-7-12-18-14)23-13-9-10-15(20-2)19-16(13)21-3/h5-10,12H,1,11H2,2-4H3. The fourth-order valence-corrected chi connectivity index (χ4v) is 4.48. The summed E-state index contributed by atoms with van der Waals surface area (Å²) in [6.45, 7) is 3.91. The number of aromatic nitrogens is 2. The van der Waals surface area contributed by atoms with E-state index in [0.29, 0.717) is 11.8 Å². The average molecular weight is 348 g/mol. The van der Waals surface area contributed by atoms with Crippen LogP contribution >= 0.6 is 23.5 Å². The monoisotopic (exact) mass is 348 g/mol. The van der Waals surface area contributed by atoms with Gasteiger partial charge in [-0.3, -0.25) is 4.98 Å². The molecule has 1 unspecified atom stereocenters. The molecule has 0 amide bonds. The zero-order valence-electron chi connectivity index (χ0n) is 13.5.